The third-order valence-corrected chi connectivity index (χ3v) is 3.64. The van der Waals surface area contributed by atoms with Crippen LogP contribution in [0, 0.1) is 5.82 Å². The normalized spacial score (nSPS) is 10.7. The molecule has 4 heteroatoms. The maximum Gasteiger partial charge on any atom is 0.123 e. The van der Waals surface area contributed by atoms with Crippen molar-refractivity contribution in [1.29, 1.82) is 0 Å². The highest BCUT2D eigenvalue weighted by Gasteiger charge is 2.10. The highest BCUT2D eigenvalue weighted by molar-refractivity contribution is 9.08. The predicted molar refractivity (Wildman–Crippen MR) is 81.6 cm³/mol. The third kappa shape index (κ3) is 2.51. The van der Waals surface area contributed by atoms with Crippen LogP contribution >= 0.6 is 15.9 Å². The quantitative estimate of drug-likeness (QED) is 0.643. The first kappa shape index (κ1) is 13.1. The van der Waals surface area contributed by atoms with Crippen LogP contribution in [0.25, 0.3) is 16.9 Å². The van der Waals surface area contributed by atoms with E-state index in [1.54, 1.807) is 12.1 Å². The molecule has 1 heterocycles. The lowest BCUT2D eigenvalue weighted by molar-refractivity contribution is 0.627. The number of aromatic nitrogens is 2. The average Bonchev–Trinajstić information content (AvgIpc) is 2.93. The van der Waals surface area contributed by atoms with Crippen molar-refractivity contribution in [3.8, 4) is 16.9 Å². The number of alkyl halides is 1. The van der Waals surface area contributed by atoms with Gasteiger partial charge in [0.15, 0.2) is 0 Å². The van der Waals surface area contributed by atoms with Gasteiger partial charge in [-0.2, -0.15) is 5.10 Å². The molecular weight excluding hydrogens is 319 g/mol. The van der Waals surface area contributed by atoms with E-state index in [4.69, 9.17) is 0 Å². The fraction of sp³-hybridized carbons (Fsp3) is 0.0625. The van der Waals surface area contributed by atoms with Gasteiger partial charge in [0.25, 0.3) is 0 Å². The van der Waals surface area contributed by atoms with Crippen molar-refractivity contribution in [2.75, 3.05) is 0 Å². The molecule has 0 aliphatic heterocycles. The van der Waals surface area contributed by atoms with E-state index in [2.05, 4.69) is 21.0 Å². The van der Waals surface area contributed by atoms with Crippen molar-refractivity contribution in [3.05, 3.63) is 72.2 Å². The zero-order valence-electron chi connectivity index (χ0n) is 10.6. The minimum atomic E-state index is -0.246. The van der Waals surface area contributed by atoms with E-state index < -0.39 is 0 Å². The summed E-state index contributed by atoms with van der Waals surface area (Å²) in [5.74, 6) is -0.246. The summed E-state index contributed by atoms with van der Waals surface area (Å²) in [6.45, 7) is 0. The molecule has 0 bridgehead atoms. The van der Waals surface area contributed by atoms with Gasteiger partial charge < -0.3 is 0 Å². The molecule has 0 fully saturated rings. The van der Waals surface area contributed by atoms with Crippen molar-refractivity contribution in [3.63, 3.8) is 0 Å². The number of benzene rings is 2. The van der Waals surface area contributed by atoms with Gasteiger partial charge in [-0.25, -0.2) is 9.07 Å². The molecule has 0 unspecified atom stereocenters. The lowest BCUT2D eigenvalue weighted by Gasteiger charge is -2.04. The van der Waals surface area contributed by atoms with Crippen molar-refractivity contribution < 1.29 is 4.39 Å². The van der Waals surface area contributed by atoms with Crippen molar-refractivity contribution in [2.24, 2.45) is 0 Å². The molecule has 3 rings (SSSR count). The molecule has 1 aromatic heterocycles. The van der Waals surface area contributed by atoms with Gasteiger partial charge in [-0.1, -0.05) is 46.3 Å². The first-order valence-corrected chi connectivity index (χ1v) is 7.36. The van der Waals surface area contributed by atoms with Gasteiger partial charge in [0, 0.05) is 10.9 Å². The summed E-state index contributed by atoms with van der Waals surface area (Å²) in [6, 6.07) is 18.4. The van der Waals surface area contributed by atoms with Gasteiger partial charge in [-0.3, -0.25) is 0 Å². The Bertz CT molecular complexity index is 705. The smallest absolute Gasteiger partial charge is 0.123 e. The third-order valence-electron chi connectivity index (χ3n) is 3.06. The number of halogens is 2. The largest absolute Gasteiger partial charge is 0.236 e. The second-order valence-electron chi connectivity index (χ2n) is 4.41. The maximum atomic E-state index is 13.0. The van der Waals surface area contributed by atoms with Crippen LogP contribution in [0.5, 0.6) is 0 Å². The Hall–Kier alpha value is -1.94. The fourth-order valence-electron chi connectivity index (χ4n) is 2.07. The summed E-state index contributed by atoms with van der Waals surface area (Å²) < 4.78 is 14.8. The Morgan fingerprint density at radius 3 is 2.35 bits per heavy atom. The lowest BCUT2D eigenvalue weighted by Crippen LogP contribution is -2.00. The molecule has 0 N–H and O–H groups in total. The summed E-state index contributed by atoms with van der Waals surface area (Å²) >= 11 is 3.47. The maximum absolute atomic E-state index is 13.0. The minimum absolute atomic E-state index is 0.246. The van der Waals surface area contributed by atoms with Crippen LogP contribution in [-0.4, -0.2) is 9.78 Å². The van der Waals surface area contributed by atoms with Gasteiger partial charge in [0.2, 0.25) is 0 Å². The molecular formula is C16H12BrFN2. The molecule has 20 heavy (non-hydrogen) atoms. The van der Waals surface area contributed by atoms with E-state index in [0.29, 0.717) is 5.33 Å². The Morgan fingerprint density at radius 1 is 1.00 bits per heavy atom. The average molecular weight is 331 g/mol. The highest BCUT2D eigenvalue weighted by atomic mass is 79.9. The van der Waals surface area contributed by atoms with Gasteiger partial charge in [0.05, 0.1) is 17.1 Å². The molecule has 0 aliphatic rings. The standard InChI is InChI=1S/C16H12BrFN2/c17-11-15-10-16(12-4-2-1-3-5-12)19-20(15)14-8-6-13(18)7-9-14/h1-10H,11H2. The second-order valence-corrected chi connectivity index (χ2v) is 4.97. The molecule has 0 atom stereocenters. The SMILES string of the molecule is Fc1ccc(-n2nc(-c3ccccc3)cc2CBr)cc1. The highest BCUT2D eigenvalue weighted by Crippen LogP contribution is 2.23. The van der Waals surface area contributed by atoms with Crippen LogP contribution in [0.1, 0.15) is 5.69 Å². The Labute approximate surface area is 125 Å². The molecule has 2 nitrogen and oxygen atoms in total. The van der Waals surface area contributed by atoms with Gasteiger partial charge in [-0.15, -0.1) is 0 Å². The lowest BCUT2D eigenvalue weighted by atomic mass is 10.1. The molecule has 0 saturated carbocycles. The summed E-state index contributed by atoms with van der Waals surface area (Å²) in [6.07, 6.45) is 0. The Morgan fingerprint density at radius 2 is 1.70 bits per heavy atom. The topological polar surface area (TPSA) is 17.8 Å². The van der Waals surface area contributed by atoms with Crippen LogP contribution in [-0.2, 0) is 5.33 Å². The second kappa shape index (κ2) is 5.59. The minimum Gasteiger partial charge on any atom is -0.236 e. The van der Waals surface area contributed by atoms with E-state index in [-0.39, 0.29) is 5.82 Å². The van der Waals surface area contributed by atoms with Crippen LogP contribution in [0.3, 0.4) is 0 Å². The Kier molecular flexibility index (Phi) is 3.65. The summed E-state index contributed by atoms with van der Waals surface area (Å²) in [4.78, 5) is 0. The van der Waals surface area contributed by atoms with Crippen molar-refractivity contribution in [1.82, 2.24) is 9.78 Å². The molecule has 0 amide bonds. The van der Waals surface area contributed by atoms with Crippen LogP contribution < -0.4 is 0 Å². The van der Waals surface area contributed by atoms with E-state index in [9.17, 15) is 4.39 Å². The van der Waals surface area contributed by atoms with Gasteiger partial charge in [0.1, 0.15) is 5.82 Å². The molecule has 100 valence electrons. The molecule has 2 aromatic carbocycles. The van der Waals surface area contributed by atoms with E-state index >= 15 is 0 Å². The number of rotatable bonds is 3. The first-order chi connectivity index (χ1) is 9.78. The van der Waals surface area contributed by atoms with Crippen LogP contribution in [0.15, 0.2) is 60.7 Å². The molecule has 3 aromatic rings. The molecule has 0 spiro atoms. The zero-order chi connectivity index (χ0) is 13.9. The Balaban J connectivity index is 2.07. The molecule has 0 aliphatic carbocycles. The van der Waals surface area contributed by atoms with Gasteiger partial charge >= 0.3 is 0 Å². The fourth-order valence-corrected chi connectivity index (χ4v) is 2.47. The van der Waals surface area contributed by atoms with E-state index in [1.807, 2.05) is 41.1 Å². The number of hydrogen-bond donors (Lipinski definition) is 0. The van der Waals surface area contributed by atoms with Gasteiger partial charge in [-0.05, 0) is 30.3 Å². The van der Waals surface area contributed by atoms with Crippen LogP contribution in [0.2, 0.25) is 0 Å². The number of hydrogen-bond acceptors (Lipinski definition) is 1. The molecule has 0 saturated heterocycles. The first-order valence-electron chi connectivity index (χ1n) is 6.24. The van der Waals surface area contributed by atoms with Crippen molar-refractivity contribution in [2.45, 2.75) is 5.33 Å². The monoisotopic (exact) mass is 330 g/mol. The summed E-state index contributed by atoms with van der Waals surface area (Å²) in [5.41, 5.74) is 3.85. The predicted octanol–water partition coefficient (Wildman–Crippen LogP) is 4.57. The van der Waals surface area contributed by atoms with Crippen LogP contribution in [0.4, 0.5) is 4.39 Å². The number of nitrogens with zero attached hydrogens (tertiary/aromatic N) is 2. The summed E-state index contributed by atoms with van der Waals surface area (Å²) in [5, 5.41) is 5.30. The zero-order valence-corrected chi connectivity index (χ0v) is 12.2. The summed E-state index contributed by atoms with van der Waals surface area (Å²) in [7, 11) is 0. The van der Waals surface area contributed by atoms with E-state index in [1.165, 1.54) is 12.1 Å². The van der Waals surface area contributed by atoms with E-state index in [0.717, 1.165) is 22.6 Å². The van der Waals surface area contributed by atoms with Crippen molar-refractivity contribution >= 4 is 15.9 Å². The molecule has 0 radical (unpaired) electrons.